The Morgan fingerprint density at radius 1 is 1.60 bits per heavy atom. The van der Waals surface area contributed by atoms with E-state index in [1.54, 1.807) is 0 Å². The lowest BCUT2D eigenvalue weighted by atomic mass is 10.1. The number of hydrogen-bond donors (Lipinski definition) is 2. The molecule has 84 valence electrons. The SMILES string of the molecule is N[C@H](CO)c1nc(CC2CCOC2)no1. The van der Waals surface area contributed by atoms with Crippen LogP contribution in [0.25, 0.3) is 0 Å². The van der Waals surface area contributed by atoms with E-state index in [0.717, 1.165) is 26.1 Å². The second kappa shape index (κ2) is 4.69. The van der Waals surface area contributed by atoms with Crippen LogP contribution in [0, 0.1) is 5.92 Å². The Kier molecular flexibility index (Phi) is 3.30. The predicted octanol–water partition coefficient (Wildman–Crippen LogP) is -0.359. The summed E-state index contributed by atoms with van der Waals surface area (Å²) >= 11 is 0. The van der Waals surface area contributed by atoms with Crippen LogP contribution in [0.5, 0.6) is 0 Å². The van der Waals surface area contributed by atoms with Crippen molar-refractivity contribution in [3.8, 4) is 0 Å². The molecule has 0 bridgehead atoms. The Balaban J connectivity index is 1.94. The van der Waals surface area contributed by atoms with E-state index in [9.17, 15) is 0 Å². The number of nitrogens with zero attached hydrogens (tertiary/aromatic N) is 2. The summed E-state index contributed by atoms with van der Waals surface area (Å²) in [5.74, 6) is 1.41. The molecule has 6 nitrogen and oxygen atoms in total. The minimum atomic E-state index is -0.578. The van der Waals surface area contributed by atoms with Crippen molar-refractivity contribution in [2.24, 2.45) is 11.7 Å². The van der Waals surface area contributed by atoms with Crippen molar-refractivity contribution in [1.29, 1.82) is 0 Å². The van der Waals surface area contributed by atoms with Gasteiger partial charge in [-0.05, 0) is 12.3 Å². The van der Waals surface area contributed by atoms with Gasteiger partial charge in [-0.25, -0.2) is 0 Å². The second-order valence-corrected chi connectivity index (χ2v) is 3.77. The fourth-order valence-electron chi connectivity index (χ4n) is 1.58. The lowest BCUT2D eigenvalue weighted by molar-refractivity contribution is 0.185. The molecule has 15 heavy (non-hydrogen) atoms. The van der Waals surface area contributed by atoms with Crippen LogP contribution in [0.2, 0.25) is 0 Å². The second-order valence-electron chi connectivity index (χ2n) is 3.77. The number of aromatic nitrogens is 2. The highest BCUT2D eigenvalue weighted by molar-refractivity contribution is 4.93. The summed E-state index contributed by atoms with van der Waals surface area (Å²) in [6.45, 7) is 1.38. The summed E-state index contributed by atoms with van der Waals surface area (Å²) in [6.07, 6.45) is 1.79. The van der Waals surface area contributed by atoms with Crippen molar-refractivity contribution in [2.45, 2.75) is 18.9 Å². The van der Waals surface area contributed by atoms with Crippen molar-refractivity contribution in [1.82, 2.24) is 10.1 Å². The molecule has 2 rings (SSSR count). The highest BCUT2D eigenvalue weighted by atomic mass is 16.5. The summed E-state index contributed by atoms with van der Waals surface area (Å²) in [5, 5.41) is 12.6. The van der Waals surface area contributed by atoms with Crippen molar-refractivity contribution in [2.75, 3.05) is 19.8 Å². The van der Waals surface area contributed by atoms with E-state index in [1.165, 1.54) is 0 Å². The molecule has 1 unspecified atom stereocenters. The molecular formula is C9H15N3O3. The average Bonchev–Trinajstić information content (AvgIpc) is 2.88. The largest absolute Gasteiger partial charge is 0.394 e. The molecule has 1 fully saturated rings. The number of aliphatic hydroxyl groups is 1. The van der Waals surface area contributed by atoms with E-state index in [2.05, 4.69) is 10.1 Å². The molecule has 0 radical (unpaired) electrons. The predicted molar refractivity (Wildman–Crippen MR) is 50.9 cm³/mol. The number of rotatable bonds is 4. The first-order valence-corrected chi connectivity index (χ1v) is 5.06. The van der Waals surface area contributed by atoms with Crippen molar-refractivity contribution < 1.29 is 14.4 Å². The number of hydrogen-bond acceptors (Lipinski definition) is 6. The normalized spacial score (nSPS) is 23.2. The van der Waals surface area contributed by atoms with Gasteiger partial charge >= 0.3 is 0 Å². The van der Waals surface area contributed by atoms with Gasteiger partial charge in [-0.2, -0.15) is 4.98 Å². The Morgan fingerprint density at radius 2 is 2.47 bits per heavy atom. The Morgan fingerprint density at radius 3 is 3.13 bits per heavy atom. The summed E-state index contributed by atoms with van der Waals surface area (Å²) in [5.41, 5.74) is 5.54. The molecule has 1 aliphatic heterocycles. The zero-order chi connectivity index (χ0) is 10.7. The third-order valence-electron chi connectivity index (χ3n) is 2.49. The number of ether oxygens (including phenoxy) is 1. The summed E-state index contributed by atoms with van der Waals surface area (Å²) in [6, 6.07) is -0.578. The molecule has 0 saturated carbocycles. The minimum Gasteiger partial charge on any atom is -0.394 e. The van der Waals surface area contributed by atoms with Gasteiger partial charge in [0.05, 0.1) is 6.61 Å². The molecule has 0 aromatic carbocycles. The Hall–Kier alpha value is -0.980. The number of aliphatic hydroxyl groups excluding tert-OH is 1. The molecule has 2 atom stereocenters. The van der Waals surface area contributed by atoms with Crippen molar-refractivity contribution in [3.05, 3.63) is 11.7 Å². The van der Waals surface area contributed by atoms with Gasteiger partial charge in [-0.1, -0.05) is 5.16 Å². The molecule has 0 aliphatic carbocycles. The molecule has 3 N–H and O–H groups in total. The molecule has 1 saturated heterocycles. The summed E-state index contributed by atoms with van der Waals surface area (Å²) < 4.78 is 10.2. The van der Waals surface area contributed by atoms with Gasteiger partial charge in [-0.3, -0.25) is 0 Å². The first-order chi connectivity index (χ1) is 7.29. The van der Waals surface area contributed by atoms with Crippen LogP contribution in [0.4, 0.5) is 0 Å². The summed E-state index contributed by atoms with van der Waals surface area (Å²) in [4.78, 5) is 4.13. The van der Waals surface area contributed by atoms with Gasteiger partial charge in [0.25, 0.3) is 0 Å². The van der Waals surface area contributed by atoms with E-state index in [1.807, 2.05) is 0 Å². The van der Waals surface area contributed by atoms with Gasteiger partial charge in [0.2, 0.25) is 5.89 Å². The van der Waals surface area contributed by atoms with E-state index in [4.69, 9.17) is 20.1 Å². The molecule has 6 heteroatoms. The fourth-order valence-corrected chi connectivity index (χ4v) is 1.58. The third kappa shape index (κ3) is 2.53. The number of nitrogens with two attached hydrogens (primary N) is 1. The van der Waals surface area contributed by atoms with E-state index in [0.29, 0.717) is 17.6 Å². The maximum Gasteiger partial charge on any atom is 0.245 e. The first-order valence-electron chi connectivity index (χ1n) is 5.06. The van der Waals surface area contributed by atoms with Gasteiger partial charge in [0.1, 0.15) is 6.04 Å². The molecule has 0 amide bonds. The lowest BCUT2D eigenvalue weighted by Crippen LogP contribution is -2.15. The minimum absolute atomic E-state index is 0.186. The van der Waals surface area contributed by atoms with Gasteiger partial charge in [-0.15, -0.1) is 0 Å². The monoisotopic (exact) mass is 213 g/mol. The molecule has 1 aromatic rings. The molecule has 1 aliphatic rings. The van der Waals surface area contributed by atoms with E-state index < -0.39 is 6.04 Å². The summed E-state index contributed by atoms with van der Waals surface area (Å²) in [7, 11) is 0. The zero-order valence-corrected chi connectivity index (χ0v) is 8.43. The van der Waals surface area contributed by atoms with E-state index >= 15 is 0 Å². The highest BCUT2D eigenvalue weighted by Gasteiger charge is 2.20. The molecular weight excluding hydrogens is 198 g/mol. The van der Waals surface area contributed by atoms with Crippen LogP contribution in [0.3, 0.4) is 0 Å². The molecule has 1 aromatic heterocycles. The Labute approximate surface area is 87.4 Å². The standard InChI is InChI=1S/C9H15N3O3/c10-7(4-13)9-11-8(12-15-9)3-6-1-2-14-5-6/h6-7,13H,1-5,10H2/t6?,7-/m1/s1. The van der Waals surface area contributed by atoms with Gasteiger partial charge in [0, 0.05) is 19.6 Å². The van der Waals surface area contributed by atoms with Gasteiger partial charge < -0.3 is 20.1 Å². The lowest BCUT2D eigenvalue weighted by Gasteiger charge is -2.01. The zero-order valence-electron chi connectivity index (χ0n) is 8.43. The maximum atomic E-state index is 8.81. The van der Waals surface area contributed by atoms with E-state index in [-0.39, 0.29) is 6.61 Å². The molecule has 2 heterocycles. The Bertz CT molecular complexity index is 309. The first kappa shape index (κ1) is 10.5. The van der Waals surface area contributed by atoms with Crippen molar-refractivity contribution in [3.63, 3.8) is 0 Å². The third-order valence-corrected chi connectivity index (χ3v) is 2.49. The topological polar surface area (TPSA) is 94.4 Å². The van der Waals surface area contributed by atoms with Gasteiger partial charge in [0.15, 0.2) is 5.82 Å². The molecule has 0 spiro atoms. The van der Waals surface area contributed by atoms with Crippen LogP contribution in [-0.2, 0) is 11.2 Å². The van der Waals surface area contributed by atoms with Crippen LogP contribution >= 0.6 is 0 Å². The fraction of sp³-hybridized carbons (Fsp3) is 0.778. The van der Waals surface area contributed by atoms with Crippen molar-refractivity contribution >= 4 is 0 Å². The smallest absolute Gasteiger partial charge is 0.245 e. The maximum absolute atomic E-state index is 8.81. The van der Waals surface area contributed by atoms with Crippen LogP contribution in [-0.4, -0.2) is 35.1 Å². The van der Waals surface area contributed by atoms with Crippen LogP contribution in [0.1, 0.15) is 24.2 Å². The quantitative estimate of drug-likeness (QED) is 0.709. The average molecular weight is 213 g/mol. The van der Waals surface area contributed by atoms with Crippen LogP contribution in [0.15, 0.2) is 4.52 Å². The highest BCUT2D eigenvalue weighted by Crippen LogP contribution is 2.17. The van der Waals surface area contributed by atoms with Crippen LogP contribution < -0.4 is 5.73 Å².